The summed E-state index contributed by atoms with van der Waals surface area (Å²) in [6.07, 6.45) is 0. The molecule has 3 aromatic carbocycles. The molecule has 1 N–H and O–H groups in total. The summed E-state index contributed by atoms with van der Waals surface area (Å²) in [5.74, 6) is 1.07. The highest BCUT2D eigenvalue weighted by Gasteiger charge is 2.18. The average Bonchev–Trinajstić information content (AvgIpc) is 3.06. The zero-order valence-corrected chi connectivity index (χ0v) is 16.7. The highest BCUT2D eigenvalue weighted by atomic mass is 35.5. The van der Waals surface area contributed by atoms with Gasteiger partial charge in [0.15, 0.2) is 0 Å². The van der Waals surface area contributed by atoms with Crippen LogP contribution < -0.4 is 10.1 Å². The van der Waals surface area contributed by atoms with Crippen LogP contribution in [-0.2, 0) is 13.2 Å². The predicted molar refractivity (Wildman–Crippen MR) is 114 cm³/mol. The molecule has 1 aromatic heterocycles. The molecule has 29 heavy (non-hydrogen) atoms. The van der Waals surface area contributed by atoms with Crippen LogP contribution in [0.5, 0.6) is 5.75 Å². The molecule has 0 fully saturated rings. The molecule has 4 nitrogen and oxygen atoms in total. The second kappa shape index (κ2) is 8.41. The maximum Gasteiger partial charge on any atom is 0.255 e. The van der Waals surface area contributed by atoms with Crippen LogP contribution in [0.3, 0.4) is 0 Å². The zero-order valence-electron chi connectivity index (χ0n) is 15.9. The van der Waals surface area contributed by atoms with Crippen LogP contribution in [0.25, 0.3) is 11.0 Å². The van der Waals surface area contributed by atoms with Gasteiger partial charge in [-0.05, 0) is 48.4 Å². The van der Waals surface area contributed by atoms with Crippen molar-refractivity contribution in [3.63, 3.8) is 0 Å². The maximum atomic E-state index is 12.8. The lowest BCUT2D eigenvalue weighted by atomic mass is 10.1. The van der Waals surface area contributed by atoms with Crippen LogP contribution in [0.4, 0.5) is 0 Å². The van der Waals surface area contributed by atoms with E-state index in [4.69, 9.17) is 20.8 Å². The van der Waals surface area contributed by atoms with E-state index in [1.54, 1.807) is 6.92 Å². The van der Waals surface area contributed by atoms with Crippen molar-refractivity contribution < 1.29 is 13.9 Å². The molecular weight excluding hydrogens is 386 g/mol. The van der Waals surface area contributed by atoms with Crippen molar-refractivity contribution in [2.24, 2.45) is 0 Å². The molecule has 1 heterocycles. The third-order valence-electron chi connectivity index (χ3n) is 4.65. The zero-order chi connectivity index (χ0) is 20.2. The van der Waals surface area contributed by atoms with Crippen molar-refractivity contribution in [2.75, 3.05) is 0 Å². The van der Waals surface area contributed by atoms with E-state index in [0.29, 0.717) is 40.8 Å². The number of halogens is 1. The first-order chi connectivity index (χ1) is 14.1. The Labute approximate surface area is 174 Å². The molecule has 0 aliphatic heterocycles. The number of furan rings is 1. The van der Waals surface area contributed by atoms with E-state index in [1.165, 1.54) is 0 Å². The molecule has 0 saturated heterocycles. The van der Waals surface area contributed by atoms with Crippen molar-refractivity contribution in [1.29, 1.82) is 0 Å². The summed E-state index contributed by atoms with van der Waals surface area (Å²) < 4.78 is 11.7. The smallest absolute Gasteiger partial charge is 0.255 e. The largest absolute Gasteiger partial charge is 0.489 e. The minimum Gasteiger partial charge on any atom is -0.489 e. The molecule has 1 amide bonds. The third kappa shape index (κ3) is 4.44. The molecule has 0 unspecified atom stereocenters. The van der Waals surface area contributed by atoms with Gasteiger partial charge in [-0.1, -0.05) is 54.1 Å². The van der Waals surface area contributed by atoms with Gasteiger partial charge in [-0.2, -0.15) is 0 Å². The summed E-state index contributed by atoms with van der Waals surface area (Å²) in [7, 11) is 0. The van der Waals surface area contributed by atoms with E-state index < -0.39 is 0 Å². The van der Waals surface area contributed by atoms with Crippen LogP contribution in [0.1, 0.15) is 27.2 Å². The van der Waals surface area contributed by atoms with Crippen molar-refractivity contribution in [3.8, 4) is 5.75 Å². The molecule has 0 spiro atoms. The summed E-state index contributed by atoms with van der Waals surface area (Å²) in [4.78, 5) is 12.8. The number of nitrogens with one attached hydrogen (secondary N) is 1. The molecule has 146 valence electrons. The lowest BCUT2D eigenvalue weighted by Crippen LogP contribution is -2.23. The first kappa shape index (κ1) is 19.1. The summed E-state index contributed by atoms with van der Waals surface area (Å²) in [5, 5.41) is 4.37. The quantitative estimate of drug-likeness (QED) is 0.434. The highest BCUT2D eigenvalue weighted by molar-refractivity contribution is 6.30. The van der Waals surface area contributed by atoms with Gasteiger partial charge >= 0.3 is 0 Å². The van der Waals surface area contributed by atoms with E-state index >= 15 is 0 Å². The van der Waals surface area contributed by atoms with E-state index in [0.717, 1.165) is 16.5 Å². The van der Waals surface area contributed by atoms with Gasteiger partial charge < -0.3 is 14.5 Å². The summed E-state index contributed by atoms with van der Waals surface area (Å²) in [5.41, 5.74) is 3.20. The van der Waals surface area contributed by atoms with Crippen LogP contribution in [0.15, 0.2) is 77.2 Å². The monoisotopic (exact) mass is 405 g/mol. The van der Waals surface area contributed by atoms with Gasteiger partial charge in [0.1, 0.15) is 23.7 Å². The fourth-order valence-corrected chi connectivity index (χ4v) is 3.44. The molecule has 4 rings (SSSR count). The van der Waals surface area contributed by atoms with E-state index in [-0.39, 0.29) is 5.91 Å². The van der Waals surface area contributed by atoms with Crippen LogP contribution >= 0.6 is 11.6 Å². The number of aryl methyl sites for hydroxylation is 1. The average molecular weight is 406 g/mol. The SMILES string of the molecule is Cc1oc2ccc(OCc3cccc(Cl)c3)cc2c1C(=O)NCc1ccccc1. The lowest BCUT2D eigenvalue weighted by molar-refractivity contribution is 0.0951. The van der Waals surface area contributed by atoms with Gasteiger partial charge in [-0.3, -0.25) is 4.79 Å². The molecular formula is C24H20ClNO3. The number of carbonyl (C=O) groups is 1. The van der Waals surface area contributed by atoms with Crippen LogP contribution in [-0.4, -0.2) is 5.91 Å². The highest BCUT2D eigenvalue weighted by Crippen LogP contribution is 2.29. The fraction of sp³-hybridized carbons (Fsp3) is 0.125. The Morgan fingerprint density at radius 2 is 1.79 bits per heavy atom. The molecule has 0 radical (unpaired) electrons. The predicted octanol–water partition coefficient (Wildman–Crippen LogP) is 5.90. The second-order valence-electron chi connectivity index (χ2n) is 6.78. The minimum absolute atomic E-state index is 0.169. The van der Waals surface area contributed by atoms with Gasteiger partial charge in [-0.15, -0.1) is 0 Å². The Kier molecular flexibility index (Phi) is 5.54. The van der Waals surface area contributed by atoms with E-state index in [2.05, 4.69) is 5.32 Å². The second-order valence-corrected chi connectivity index (χ2v) is 7.21. The lowest BCUT2D eigenvalue weighted by Gasteiger charge is -2.08. The van der Waals surface area contributed by atoms with Gasteiger partial charge in [-0.25, -0.2) is 0 Å². The third-order valence-corrected chi connectivity index (χ3v) is 4.89. The number of fused-ring (bicyclic) bond motifs is 1. The molecule has 0 saturated carbocycles. The van der Waals surface area contributed by atoms with E-state index in [9.17, 15) is 4.79 Å². The molecule has 0 bridgehead atoms. The number of amides is 1. The first-order valence-electron chi connectivity index (χ1n) is 9.32. The van der Waals surface area contributed by atoms with Crippen molar-refractivity contribution in [2.45, 2.75) is 20.1 Å². The number of rotatable bonds is 6. The van der Waals surface area contributed by atoms with E-state index in [1.807, 2.05) is 72.8 Å². The Hall–Kier alpha value is -3.24. The Balaban J connectivity index is 1.53. The first-order valence-corrected chi connectivity index (χ1v) is 9.70. The standard InChI is InChI=1S/C24H20ClNO3/c1-16-23(24(27)26-14-17-6-3-2-4-7-17)21-13-20(10-11-22(21)29-16)28-15-18-8-5-9-19(25)12-18/h2-13H,14-15H2,1H3,(H,26,27). The summed E-state index contributed by atoms with van der Waals surface area (Å²) >= 11 is 6.02. The van der Waals surface area contributed by atoms with Crippen molar-refractivity contribution >= 4 is 28.5 Å². The summed E-state index contributed by atoms with van der Waals surface area (Å²) in [6.45, 7) is 2.64. The molecule has 4 aromatic rings. The number of hydrogen-bond donors (Lipinski definition) is 1. The minimum atomic E-state index is -0.169. The molecule has 0 aliphatic carbocycles. The van der Waals surface area contributed by atoms with Crippen molar-refractivity contribution in [1.82, 2.24) is 5.32 Å². The van der Waals surface area contributed by atoms with Gasteiger partial charge in [0.25, 0.3) is 5.91 Å². The topological polar surface area (TPSA) is 51.5 Å². The Bertz CT molecular complexity index is 1150. The van der Waals surface area contributed by atoms with Crippen LogP contribution in [0, 0.1) is 6.92 Å². The maximum absolute atomic E-state index is 12.8. The Morgan fingerprint density at radius 1 is 1.00 bits per heavy atom. The number of benzene rings is 3. The van der Waals surface area contributed by atoms with Crippen LogP contribution in [0.2, 0.25) is 5.02 Å². The molecule has 0 aliphatic rings. The number of ether oxygens (including phenoxy) is 1. The number of hydrogen-bond acceptors (Lipinski definition) is 3. The number of carbonyl (C=O) groups excluding carboxylic acids is 1. The summed E-state index contributed by atoms with van der Waals surface area (Å²) in [6, 6.07) is 22.8. The fourth-order valence-electron chi connectivity index (χ4n) is 3.23. The normalized spacial score (nSPS) is 10.8. The Morgan fingerprint density at radius 3 is 2.59 bits per heavy atom. The van der Waals surface area contributed by atoms with Gasteiger partial charge in [0, 0.05) is 17.0 Å². The van der Waals surface area contributed by atoms with Crippen molar-refractivity contribution in [3.05, 3.63) is 100 Å². The molecule has 5 heteroatoms. The van der Waals surface area contributed by atoms with Gasteiger partial charge in [0.2, 0.25) is 0 Å². The molecule has 0 atom stereocenters. The van der Waals surface area contributed by atoms with Gasteiger partial charge in [0.05, 0.1) is 5.56 Å².